The molecule has 0 unspecified atom stereocenters. The number of phenols is 2. The summed E-state index contributed by atoms with van der Waals surface area (Å²) in [6, 6.07) is 8.78. The SMILES string of the molecule is O=C(C1CC1)N(Nc1ccc(O)cc1Cl)c1ccc(O)cc1Cl. The van der Waals surface area contributed by atoms with Crippen LogP contribution in [-0.2, 0) is 4.79 Å². The summed E-state index contributed by atoms with van der Waals surface area (Å²) in [5.74, 6) is -0.131. The Balaban J connectivity index is 1.96. The van der Waals surface area contributed by atoms with E-state index in [1.54, 1.807) is 12.1 Å². The van der Waals surface area contributed by atoms with Crippen LogP contribution in [0.1, 0.15) is 12.8 Å². The van der Waals surface area contributed by atoms with E-state index < -0.39 is 0 Å². The Labute approximate surface area is 143 Å². The predicted octanol–water partition coefficient (Wildman–Crippen LogP) is 4.17. The summed E-state index contributed by atoms with van der Waals surface area (Å²) in [7, 11) is 0. The van der Waals surface area contributed by atoms with Crippen molar-refractivity contribution < 1.29 is 15.0 Å². The molecule has 120 valence electrons. The molecule has 0 aliphatic heterocycles. The van der Waals surface area contributed by atoms with Gasteiger partial charge in [0.2, 0.25) is 5.91 Å². The van der Waals surface area contributed by atoms with E-state index in [0.717, 1.165) is 12.8 Å². The van der Waals surface area contributed by atoms with Gasteiger partial charge in [0.15, 0.2) is 0 Å². The summed E-state index contributed by atoms with van der Waals surface area (Å²) < 4.78 is 0. The fourth-order valence-electron chi connectivity index (χ4n) is 2.14. The number of anilines is 2. The highest BCUT2D eigenvalue weighted by Crippen LogP contribution is 2.37. The van der Waals surface area contributed by atoms with Crippen LogP contribution in [0.3, 0.4) is 0 Å². The molecule has 5 nitrogen and oxygen atoms in total. The quantitative estimate of drug-likeness (QED) is 0.570. The Morgan fingerprint density at radius 1 is 1.04 bits per heavy atom. The van der Waals surface area contributed by atoms with Gasteiger partial charge in [0, 0.05) is 18.1 Å². The maximum absolute atomic E-state index is 12.6. The molecule has 0 heterocycles. The highest BCUT2D eigenvalue weighted by atomic mass is 35.5. The van der Waals surface area contributed by atoms with Gasteiger partial charge in [-0.15, -0.1) is 0 Å². The number of hydrogen-bond acceptors (Lipinski definition) is 4. The fraction of sp³-hybridized carbons (Fsp3) is 0.188. The van der Waals surface area contributed by atoms with Crippen LogP contribution in [0.15, 0.2) is 36.4 Å². The third-order valence-corrected chi connectivity index (χ3v) is 4.12. The molecule has 0 radical (unpaired) electrons. The van der Waals surface area contributed by atoms with E-state index in [-0.39, 0.29) is 33.4 Å². The molecule has 0 bridgehead atoms. The second kappa shape index (κ2) is 6.18. The Morgan fingerprint density at radius 3 is 2.22 bits per heavy atom. The van der Waals surface area contributed by atoms with E-state index in [1.165, 1.54) is 29.3 Å². The van der Waals surface area contributed by atoms with E-state index in [4.69, 9.17) is 23.2 Å². The number of carbonyl (C=O) groups is 1. The third kappa shape index (κ3) is 3.46. The molecule has 0 atom stereocenters. The van der Waals surface area contributed by atoms with E-state index in [0.29, 0.717) is 11.4 Å². The predicted molar refractivity (Wildman–Crippen MR) is 90.1 cm³/mol. The zero-order valence-corrected chi connectivity index (χ0v) is 13.5. The second-order valence-corrected chi connectivity index (χ2v) is 6.17. The molecule has 1 fully saturated rings. The van der Waals surface area contributed by atoms with Crippen molar-refractivity contribution in [3.05, 3.63) is 46.4 Å². The molecule has 7 heteroatoms. The van der Waals surface area contributed by atoms with Gasteiger partial charge in [0.1, 0.15) is 11.5 Å². The lowest BCUT2D eigenvalue weighted by molar-refractivity contribution is -0.119. The maximum Gasteiger partial charge on any atom is 0.248 e. The van der Waals surface area contributed by atoms with E-state index >= 15 is 0 Å². The summed E-state index contributed by atoms with van der Waals surface area (Å²) in [5.41, 5.74) is 3.83. The van der Waals surface area contributed by atoms with Crippen molar-refractivity contribution in [2.45, 2.75) is 12.8 Å². The molecule has 1 saturated carbocycles. The topological polar surface area (TPSA) is 72.8 Å². The van der Waals surface area contributed by atoms with Crippen molar-refractivity contribution >= 4 is 40.5 Å². The number of rotatable bonds is 4. The van der Waals surface area contributed by atoms with Gasteiger partial charge >= 0.3 is 0 Å². The van der Waals surface area contributed by atoms with Crippen LogP contribution in [0.2, 0.25) is 10.0 Å². The van der Waals surface area contributed by atoms with Crippen LogP contribution in [0.4, 0.5) is 11.4 Å². The Hall–Kier alpha value is -2.11. The Morgan fingerprint density at radius 2 is 1.65 bits per heavy atom. The first-order valence-corrected chi connectivity index (χ1v) is 7.79. The van der Waals surface area contributed by atoms with E-state index in [2.05, 4.69) is 5.43 Å². The van der Waals surface area contributed by atoms with Crippen molar-refractivity contribution in [3.8, 4) is 11.5 Å². The zero-order valence-electron chi connectivity index (χ0n) is 12.0. The highest BCUT2D eigenvalue weighted by Gasteiger charge is 2.35. The number of phenolic OH excluding ortho intramolecular Hbond substituents is 2. The monoisotopic (exact) mass is 352 g/mol. The molecule has 0 aromatic heterocycles. The van der Waals surface area contributed by atoms with Crippen LogP contribution in [0, 0.1) is 5.92 Å². The van der Waals surface area contributed by atoms with Crippen molar-refractivity contribution in [2.75, 3.05) is 10.4 Å². The van der Waals surface area contributed by atoms with Crippen molar-refractivity contribution in [2.24, 2.45) is 5.92 Å². The van der Waals surface area contributed by atoms with Gasteiger partial charge in [-0.2, -0.15) is 0 Å². The van der Waals surface area contributed by atoms with Crippen molar-refractivity contribution in [1.82, 2.24) is 0 Å². The number of aromatic hydroxyl groups is 2. The zero-order chi connectivity index (χ0) is 16.6. The van der Waals surface area contributed by atoms with Crippen LogP contribution < -0.4 is 10.4 Å². The third-order valence-electron chi connectivity index (χ3n) is 3.50. The lowest BCUT2D eigenvalue weighted by Gasteiger charge is -2.26. The van der Waals surface area contributed by atoms with Crippen molar-refractivity contribution in [3.63, 3.8) is 0 Å². The number of carbonyl (C=O) groups excluding carboxylic acids is 1. The summed E-state index contributed by atoms with van der Waals surface area (Å²) in [6.45, 7) is 0. The molecule has 1 amide bonds. The Kier molecular flexibility index (Phi) is 4.24. The number of hydrazine groups is 1. The summed E-state index contributed by atoms with van der Waals surface area (Å²) in [5, 5.41) is 20.8. The molecule has 1 aliphatic carbocycles. The normalized spacial score (nSPS) is 13.7. The molecule has 3 N–H and O–H groups in total. The first-order valence-electron chi connectivity index (χ1n) is 7.03. The lowest BCUT2D eigenvalue weighted by Crippen LogP contribution is -2.37. The minimum absolute atomic E-state index is 0.0141. The summed E-state index contributed by atoms with van der Waals surface area (Å²) in [6.07, 6.45) is 1.66. The van der Waals surface area contributed by atoms with E-state index in [1.807, 2.05) is 0 Å². The molecule has 23 heavy (non-hydrogen) atoms. The molecule has 0 spiro atoms. The smallest absolute Gasteiger partial charge is 0.248 e. The standard InChI is InChI=1S/C16H14Cl2N2O3/c17-12-7-10(21)3-5-14(12)19-20(16(23)9-1-2-9)15-6-4-11(22)8-13(15)18/h3-9,19,21-22H,1-2H2. The van der Waals surface area contributed by atoms with Gasteiger partial charge in [-0.1, -0.05) is 23.2 Å². The minimum Gasteiger partial charge on any atom is -0.508 e. The number of amides is 1. The van der Waals surface area contributed by atoms with Crippen LogP contribution in [-0.4, -0.2) is 16.1 Å². The van der Waals surface area contributed by atoms with Gasteiger partial charge in [0.25, 0.3) is 0 Å². The largest absolute Gasteiger partial charge is 0.508 e. The summed E-state index contributed by atoms with van der Waals surface area (Å²) in [4.78, 5) is 12.6. The van der Waals surface area contributed by atoms with Crippen LogP contribution in [0.25, 0.3) is 0 Å². The minimum atomic E-state index is -0.123. The van der Waals surface area contributed by atoms with Gasteiger partial charge in [-0.25, -0.2) is 5.01 Å². The first-order chi connectivity index (χ1) is 11.0. The molecular weight excluding hydrogens is 339 g/mol. The molecule has 2 aromatic rings. The molecule has 2 aromatic carbocycles. The highest BCUT2D eigenvalue weighted by molar-refractivity contribution is 6.34. The van der Waals surface area contributed by atoms with Gasteiger partial charge in [0.05, 0.1) is 21.4 Å². The van der Waals surface area contributed by atoms with Crippen LogP contribution >= 0.6 is 23.2 Å². The Bertz CT molecular complexity index is 763. The number of benzene rings is 2. The first kappa shape index (κ1) is 15.8. The number of hydrogen-bond donors (Lipinski definition) is 3. The summed E-state index contributed by atoms with van der Waals surface area (Å²) >= 11 is 12.3. The number of nitrogens with zero attached hydrogens (tertiary/aromatic N) is 1. The van der Waals surface area contributed by atoms with Gasteiger partial charge < -0.3 is 10.2 Å². The average Bonchev–Trinajstić information content (AvgIpc) is 3.31. The molecule has 3 rings (SSSR count). The average molecular weight is 353 g/mol. The fourth-order valence-corrected chi connectivity index (χ4v) is 2.62. The number of nitrogens with one attached hydrogen (secondary N) is 1. The van der Waals surface area contributed by atoms with Gasteiger partial charge in [-0.3, -0.25) is 10.2 Å². The van der Waals surface area contributed by atoms with Crippen LogP contribution in [0.5, 0.6) is 11.5 Å². The van der Waals surface area contributed by atoms with E-state index in [9.17, 15) is 15.0 Å². The number of halogens is 2. The van der Waals surface area contributed by atoms with Crippen molar-refractivity contribution in [1.29, 1.82) is 0 Å². The molecule has 0 saturated heterocycles. The lowest BCUT2D eigenvalue weighted by atomic mass is 10.2. The molecular formula is C16H14Cl2N2O3. The van der Waals surface area contributed by atoms with Gasteiger partial charge in [-0.05, 0) is 37.1 Å². The maximum atomic E-state index is 12.6. The molecule has 1 aliphatic rings. The second-order valence-electron chi connectivity index (χ2n) is 5.36.